The lowest BCUT2D eigenvalue weighted by Crippen LogP contribution is -2.43. The molecular formula is C30H34F4N6O6. The second-order valence-corrected chi connectivity index (χ2v) is 10.2. The van der Waals surface area contributed by atoms with Gasteiger partial charge < -0.3 is 19.7 Å². The summed E-state index contributed by atoms with van der Waals surface area (Å²) in [5.74, 6) is -6.86. The number of hydrogen-bond donors (Lipinski definition) is 2. The minimum absolute atomic E-state index is 0.105. The zero-order valence-corrected chi connectivity index (χ0v) is 25.5. The summed E-state index contributed by atoms with van der Waals surface area (Å²) in [5.41, 5.74) is -4.78. The highest BCUT2D eigenvalue weighted by molar-refractivity contribution is 5.74. The Bertz CT molecular complexity index is 1470. The van der Waals surface area contributed by atoms with Crippen LogP contribution >= 0.6 is 0 Å². The molecule has 0 bridgehead atoms. The normalized spacial score (nSPS) is 15.0. The van der Waals surface area contributed by atoms with Gasteiger partial charge in [-0.1, -0.05) is 0 Å². The Morgan fingerprint density at radius 2 is 1.11 bits per heavy atom. The summed E-state index contributed by atoms with van der Waals surface area (Å²) in [6.07, 6.45) is 5.08. The summed E-state index contributed by atoms with van der Waals surface area (Å²) in [4.78, 5) is 31.6. The van der Waals surface area contributed by atoms with Crippen molar-refractivity contribution in [1.29, 1.82) is 0 Å². The van der Waals surface area contributed by atoms with Gasteiger partial charge >= 0.3 is 11.9 Å². The van der Waals surface area contributed by atoms with E-state index in [1.807, 2.05) is 0 Å². The number of benzene rings is 2. The van der Waals surface area contributed by atoms with Gasteiger partial charge in [-0.25, -0.2) is 36.9 Å². The zero-order chi connectivity index (χ0) is 34.1. The van der Waals surface area contributed by atoms with E-state index < -0.39 is 58.2 Å². The highest BCUT2D eigenvalue weighted by atomic mass is 19.1. The maximum absolute atomic E-state index is 14.2. The topological polar surface area (TPSA) is 154 Å². The van der Waals surface area contributed by atoms with Crippen LogP contribution in [-0.4, -0.2) is 64.9 Å². The number of carbonyl (C=O) groups excluding carboxylic acids is 2. The number of aliphatic hydroxyl groups is 2. The van der Waals surface area contributed by atoms with Crippen molar-refractivity contribution in [2.75, 3.05) is 13.2 Å². The summed E-state index contributed by atoms with van der Waals surface area (Å²) < 4.78 is 67.7. The molecule has 0 spiro atoms. The molecular weight excluding hydrogens is 616 g/mol. The van der Waals surface area contributed by atoms with Crippen molar-refractivity contribution < 1.29 is 46.8 Å². The summed E-state index contributed by atoms with van der Waals surface area (Å²) in [6.45, 7) is 5.65. The van der Waals surface area contributed by atoms with Crippen LogP contribution in [0.5, 0.6) is 0 Å². The fraction of sp³-hybridized carbons (Fsp3) is 0.400. The van der Waals surface area contributed by atoms with Crippen LogP contribution in [0.1, 0.15) is 38.8 Å². The molecule has 0 aliphatic heterocycles. The predicted octanol–water partition coefficient (Wildman–Crippen LogP) is 3.29. The van der Waals surface area contributed by atoms with E-state index in [1.165, 1.54) is 48.5 Å². The first kappa shape index (κ1) is 35.8. The number of rotatable bonds is 12. The molecule has 0 radical (unpaired) electrons. The summed E-state index contributed by atoms with van der Waals surface area (Å²) in [6, 6.07) is 5.39. The average Bonchev–Trinajstić information content (AvgIpc) is 3.73. The number of ether oxygens (including phenoxy) is 2. The number of nitrogens with zero attached hydrogens (tertiary/aromatic N) is 6. The van der Waals surface area contributed by atoms with Crippen LogP contribution < -0.4 is 0 Å². The van der Waals surface area contributed by atoms with Gasteiger partial charge in [-0.15, -0.1) is 0 Å². The minimum atomic E-state index is -2.05. The Morgan fingerprint density at radius 3 is 1.41 bits per heavy atom. The van der Waals surface area contributed by atoms with Crippen molar-refractivity contribution in [3.63, 3.8) is 0 Å². The van der Waals surface area contributed by atoms with Crippen molar-refractivity contribution in [3.05, 3.63) is 96.1 Å². The van der Waals surface area contributed by atoms with Gasteiger partial charge in [-0.2, -0.15) is 10.2 Å². The van der Waals surface area contributed by atoms with Gasteiger partial charge in [-0.05, 0) is 64.1 Å². The third-order valence-corrected chi connectivity index (χ3v) is 7.24. The van der Waals surface area contributed by atoms with E-state index in [1.54, 1.807) is 13.8 Å². The lowest BCUT2D eigenvalue weighted by Gasteiger charge is -2.33. The highest BCUT2D eigenvalue weighted by Gasteiger charge is 2.45. The quantitative estimate of drug-likeness (QED) is 0.172. The molecule has 248 valence electrons. The zero-order valence-electron chi connectivity index (χ0n) is 25.5. The molecule has 2 heterocycles. The maximum Gasteiger partial charge on any atom is 0.312 e. The van der Waals surface area contributed by atoms with Gasteiger partial charge in [0.25, 0.3) is 0 Å². The molecule has 4 atom stereocenters. The van der Waals surface area contributed by atoms with Crippen molar-refractivity contribution in [1.82, 2.24) is 29.5 Å². The minimum Gasteiger partial charge on any atom is -0.466 e. The Hall–Kier alpha value is -4.70. The van der Waals surface area contributed by atoms with Crippen LogP contribution in [0.15, 0.2) is 61.7 Å². The van der Waals surface area contributed by atoms with Gasteiger partial charge in [0.1, 0.15) is 59.8 Å². The van der Waals surface area contributed by atoms with Gasteiger partial charge in [0.15, 0.2) is 0 Å². The van der Waals surface area contributed by atoms with Crippen LogP contribution in [0.25, 0.3) is 0 Å². The fourth-order valence-corrected chi connectivity index (χ4v) is 4.62. The Labute approximate surface area is 261 Å². The first-order valence-electron chi connectivity index (χ1n) is 14.1. The Kier molecular flexibility index (Phi) is 12.1. The van der Waals surface area contributed by atoms with Crippen molar-refractivity contribution in [2.24, 2.45) is 11.8 Å². The Morgan fingerprint density at radius 1 is 0.739 bits per heavy atom. The first-order valence-corrected chi connectivity index (χ1v) is 14.1. The second kappa shape index (κ2) is 15.5. The van der Waals surface area contributed by atoms with Gasteiger partial charge in [-0.3, -0.25) is 9.59 Å². The van der Waals surface area contributed by atoms with E-state index in [0.29, 0.717) is 0 Å². The van der Waals surface area contributed by atoms with E-state index in [9.17, 15) is 37.4 Å². The molecule has 2 aromatic heterocycles. The summed E-state index contributed by atoms with van der Waals surface area (Å²) in [5, 5.41) is 29.7. The molecule has 12 nitrogen and oxygen atoms in total. The van der Waals surface area contributed by atoms with E-state index in [4.69, 9.17) is 9.47 Å². The summed E-state index contributed by atoms with van der Waals surface area (Å²) in [7, 11) is 0. The van der Waals surface area contributed by atoms with E-state index in [-0.39, 0.29) is 37.4 Å². The molecule has 0 saturated heterocycles. The number of carbonyl (C=O) groups is 2. The molecule has 16 heteroatoms. The van der Waals surface area contributed by atoms with Gasteiger partial charge in [0, 0.05) is 11.1 Å². The van der Waals surface area contributed by atoms with Crippen LogP contribution in [-0.2, 0) is 43.4 Å². The molecule has 0 amide bonds. The number of halogens is 4. The molecule has 46 heavy (non-hydrogen) atoms. The number of aromatic nitrogens is 6. The fourth-order valence-electron chi connectivity index (χ4n) is 4.62. The average molecular weight is 651 g/mol. The van der Waals surface area contributed by atoms with E-state index in [2.05, 4.69) is 20.2 Å². The maximum atomic E-state index is 14.2. The van der Waals surface area contributed by atoms with E-state index in [0.717, 1.165) is 36.4 Å². The van der Waals surface area contributed by atoms with Crippen molar-refractivity contribution >= 4 is 11.9 Å². The molecule has 2 aromatic carbocycles. The first-order chi connectivity index (χ1) is 21.8. The molecule has 0 aliphatic rings. The molecule has 0 aliphatic carbocycles. The lowest BCUT2D eigenvalue weighted by atomic mass is 9.81. The third-order valence-electron chi connectivity index (χ3n) is 7.24. The van der Waals surface area contributed by atoms with E-state index >= 15 is 0 Å². The highest BCUT2D eigenvalue weighted by Crippen LogP contribution is 2.36. The van der Waals surface area contributed by atoms with Crippen molar-refractivity contribution in [3.8, 4) is 0 Å². The third kappa shape index (κ3) is 8.31. The second-order valence-electron chi connectivity index (χ2n) is 10.2. The summed E-state index contributed by atoms with van der Waals surface area (Å²) >= 11 is 0. The SMILES string of the molecule is CCOC(=O)[C@@H](C)[C@](O)(Cn1cncn1)c1cc(F)ccc1F.CCOC(=O)[C@H](C)[C@@](O)(Cn1cncn1)c1cc(F)ccc1F. The molecule has 4 rings (SSSR count). The van der Waals surface area contributed by atoms with Crippen LogP contribution in [0, 0.1) is 35.1 Å². The van der Waals surface area contributed by atoms with Crippen molar-refractivity contribution in [2.45, 2.75) is 52.0 Å². The predicted molar refractivity (Wildman–Crippen MR) is 152 cm³/mol. The molecule has 4 aromatic rings. The standard InChI is InChI=1S/2C15H17F2N3O3/c2*1-3-23-14(21)10(2)15(22,7-20-9-18-8-19-20)12-6-11(16)4-5-13(12)17/h2*4-6,8-10,22H,3,7H2,1-2H3/t2*10-,15-/m10/s1. The van der Waals surface area contributed by atoms with Crippen LogP contribution in [0.2, 0.25) is 0 Å². The molecule has 2 N–H and O–H groups in total. The van der Waals surface area contributed by atoms with Gasteiger partial charge in [0.2, 0.25) is 0 Å². The monoisotopic (exact) mass is 650 g/mol. The van der Waals surface area contributed by atoms with Crippen LogP contribution in [0.4, 0.5) is 17.6 Å². The number of esters is 2. The molecule has 0 unspecified atom stereocenters. The van der Waals surface area contributed by atoms with Gasteiger partial charge in [0.05, 0.1) is 38.1 Å². The number of hydrogen-bond acceptors (Lipinski definition) is 10. The Balaban J connectivity index is 0.000000250. The molecule has 0 saturated carbocycles. The smallest absolute Gasteiger partial charge is 0.312 e. The molecule has 0 fully saturated rings. The van der Waals surface area contributed by atoms with Crippen LogP contribution in [0.3, 0.4) is 0 Å². The largest absolute Gasteiger partial charge is 0.466 e. The lowest BCUT2D eigenvalue weighted by molar-refractivity contribution is -0.160.